The third-order valence-corrected chi connectivity index (χ3v) is 3.80. The molecule has 0 fully saturated rings. The van der Waals surface area contributed by atoms with Crippen molar-refractivity contribution < 1.29 is 24.2 Å². The number of methoxy groups -OCH3 is 2. The summed E-state index contributed by atoms with van der Waals surface area (Å²) in [5, 5.41) is 11.8. The molecule has 2 aromatic carbocycles. The minimum Gasteiger partial charge on any atom is -0.496 e. The first-order valence-corrected chi connectivity index (χ1v) is 7.82. The fourth-order valence-electron chi connectivity index (χ4n) is 2.52. The Morgan fingerprint density at radius 1 is 1.12 bits per heavy atom. The van der Waals surface area contributed by atoms with E-state index in [-0.39, 0.29) is 11.5 Å². The zero-order valence-electron chi connectivity index (χ0n) is 14.2. The molecule has 0 aliphatic rings. The van der Waals surface area contributed by atoms with E-state index in [1.54, 1.807) is 6.07 Å². The average molecular weight is 343 g/mol. The fraction of sp³-hybridized carbons (Fsp3) is 0.263. The first-order valence-electron chi connectivity index (χ1n) is 7.82. The predicted octanol–water partition coefficient (Wildman–Crippen LogP) is 2.44. The molecule has 0 saturated carbocycles. The van der Waals surface area contributed by atoms with Crippen LogP contribution in [0.25, 0.3) is 0 Å². The third kappa shape index (κ3) is 4.81. The summed E-state index contributed by atoms with van der Waals surface area (Å²) in [6.07, 6.45) is -0.155. The highest BCUT2D eigenvalue weighted by Gasteiger charge is 2.19. The molecule has 6 heteroatoms. The standard InChI is InChI=1S/C19H21NO5/c1-24-16-12-15(19(22)23)9-8-13(16)10-11-20-18(21)17(25-2)14-6-4-3-5-7-14/h3-9,12,17H,10-11H2,1-2H3,(H,20,21)(H,22,23)/t17-/m1/s1. The maximum Gasteiger partial charge on any atom is 0.335 e. The highest BCUT2D eigenvalue weighted by atomic mass is 16.5. The lowest BCUT2D eigenvalue weighted by molar-refractivity contribution is -0.131. The lowest BCUT2D eigenvalue weighted by Gasteiger charge is -2.16. The van der Waals surface area contributed by atoms with Crippen LogP contribution >= 0.6 is 0 Å². The summed E-state index contributed by atoms with van der Waals surface area (Å²) >= 11 is 0. The van der Waals surface area contributed by atoms with Crippen LogP contribution in [0.5, 0.6) is 5.75 Å². The van der Waals surface area contributed by atoms with Crippen molar-refractivity contribution in [3.63, 3.8) is 0 Å². The minimum absolute atomic E-state index is 0.160. The van der Waals surface area contributed by atoms with E-state index in [9.17, 15) is 9.59 Å². The molecule has 0 bridgehead atoms. The van der Waals surface area contributed by atoms with Gasteiger partial charge in [-0.25, -0.2) is 4.79 Å². The Labute approximate surface area is 146 Å². The molecule has 25 heavy (non-hydrogen) atoms. The van der Waals surface area contributed by atoms with Crippen molar-refractivity contribution in [3.8, 4) is 5.75 Å². The molecule has 0 spiro atoms. The van der Waals surface area contributed by atoms with Crippen molar-refractivity contribution in [2.45, 2.75) is 12.5 Å². The Morgan fingerprint density at radius 3 is 2.44 bits per heavy atom. The average Bonchev–Trinajstić information content (AvgIpc) is 2.63. The second kappa shape index (κ2) is 8.84. The number of nitrogens with one attached hydrogen (secondary N) is 1. The van der Waals surface area contributed by atoms with Crippen molar-refractivity contribution >= 4 is 11.9 Å². The molecule has 0 heterocycles. The molecule has 2 N–H and O–H groups in total. The topological polar surface area (TPSA) is 84.9 Å². The van der Waals surface area contributed by atoms with E-state index in [2.05, 4.69) is 5.32 Å². The molecule has 1 atom stereocenters. The molecular formula is C19H21NO5. The van der Waals surface area contributed by atoms with Crippen LogP contribution in [0.4, 0.5) is 0 Å². The molecule has 1 amide bonds. The van der Waals surface area contributed by atoms with Gasteiger partial charge >= 0.3 is 5.97 Å². The van der Waals surface area contributed by atoms with Gasteiger partial charge in [0, 0.05) is 13.7 Å². The summed E-state index contributed by atoms with van der Waals surface area (Å²) in [5.74, 6) is -0.751. The van der Waals surface area contributed by atoms with E-state index >= 15 is 0 Å². The monoisotopic (exact) mass is 343 g/mol. The smallest absolute Gasteiger partial charge is 0.335 e. The number of rotatable bonds is 8. The van der Waals surface area contributed by atoms with Gasteiger partial charge in [0.2, 0.25) is 0 Å². The van der Waals surface area contributed by atoms with Crippen molar-refractivity contribution in [1.29, 1.82) is 0 Å². The fourth-order valence-corrected chi connectivity index (χ4v) is 2.52. The molecule has 2 rings (SSSR count). The van der Waals surface area contributed by atoms with Crippen molar-refractivity contribution in [1.82, 2.24) is 5.32 Å². The third-order valence-electron chi connectivity index (χ3n) is 3.80. The zero-order chi connectivity index (χ0) is 18.2. The minimum atomic E-state index is -1.01. The van der Waals surface area contributed by atoms with Crippen LogP contribution in [0.3, 0.4) is 0 Å². The van der Waals surface area contributed by atoms with Gasteiger partial charge < -0.3 is 19.9 Å². The van der Waals surface area contributed by atoms with Crippen LogP contribution in [-0.4, -0.2) is 37.7 Å². The van der Waals surface area contributed by atoms with Crippen molar-refractivity contribution in [2.24, 2.45) is 0 Å². The Hall–Kier alpha value is -2.86. The predicted molar refractivity (Wildman–Crippen MR) is 92.9 cm³/mol. The van der Waals surface area contributed by atoms with Crippen LogP contribution in [0.2, 0.25) is 0 Å². The van der Waals surface area contributed by atoms with Crippen LogP contribution < -0.4 is 10.1 Å². The first-order chi connectivity index (χ1) is 12.1. The number of carboxylic acid groups (broad SMARTS) is 1. The molecule has 0 saturated heterocycles. The lowest BCUT2D eigenvalue weighted by Crippen LogP contribution is -2.32. The number of aromatic carboxylic acids is 1. The number of carbonyl (C=O) groups is 2. The SMILES string of the molecule is COc1cc(C(=O)O)ccc1CCNC(=O)[C@H](OC)c1ccccc1. The Bertz CT molecular complexity index is 730. The largest absolute Gasteiger partial charge is 0.496 e. The van der Waals surface area contributed by atoms with E-state index < -0.39 is 12.1 Å². The summed E-state index contributed by atoms with van der Waals surface area (Å²) in [6, 6.07) is 13.9. The molecule has 0 aliphatic heterocycles. The Kier molecular flexibility index (Phi) is 6.54. The molecule has 0 aromatic heterocycles. The summed E-state index contributed by atoms with van der Waals surface area (Å²) in [7, 11) is 2.98. The summed E-state index contributed by atoms with van der Waals surface area (Å²) in [5.41, 5.74) is 1.76. The first kappa shape index (κ1) is 18.5. The van der Waals surface area contributed by atoms with E-state index in [1.807, 2.05) is 30.3 Å². The maximum atomic E-state index is 12.3. The van der Waals surface area contributed by atoms with Gasteiger partial charge in [-0.3, -0.25) is 4.79 Å². The number of amides is 1. The molecular weight excluding hydrogens is 322 g/mol. The van der Waals surface area contributed by atoms with Crippen molar-refractivity contribution in [2.75, 3.05) is 20.8 Å². The summed E-state index contributed by atoms with van der Waals surface area (Å²) < 4.78 is 10.5. The number of hydrogen-bond donors (Lipinski definition) is 2. The Balaban J connectivity index is 1.98. The number of carboxylic acids is 1. The molecule has 2 aromatic rings. The van der Waals surface area contributed by atoms with Gasteiger partial charge in [-0.15, -0.1) is 0 Å². The zero-order valence-corrected chi connectivity index (χ0v) is 14.2. The number of hydrogen-bond acceptors (Lipinski definition) is 4. The van der Waals surface area contributed by atoms with Gasteiger partial charge in [-0.2, -0.15) is 0 Å². The number of ether oxygens (including phenoxy) is 2. The van der Waals surface area contributed by atoms with Gasteiger partial charge in [0.05, 0.1) is 12.7 Å². The molecule has 132 valence electrons. The second-order valence-corrected chi connectivity index (χ2v) is 5.40. The summed E-state index contributed by atoms with van der Waals surface area (Å²) in [6.45, 7) is 0.383. The second-order valence-electron chi connectivity index (χ2n) is 5.40. The highest BCUT2D eigenvalue weighted by molar-refractivity contribution is 5.88. The molecule has 0 unspecified atom stereocenters. The maximum absolute atomic E-state index is 12.3. The van der Waals surface area contributed by atoms with Crippen LogP contribution in [0, 0.1) is 0 Å². The molecule has 6 nitrogen and oxygen atoms in total. The Morgan fingerprint density at radius 2 is 1.84 bits per heavy atom. The van der Waals surface area contributed by atoms with Gasteiger partial charge in [0.1, 0.15) is 5.75 Å². The van der Waals surface area contributed by atoms with Gasteiger partial charge in [-0.05, 0) is 29.7 Å². The van der Waals surface area contributed by atoms with Crippen LogP contribution in [-0.2, 0) is 16.0 Å². The van der Waals surface area contributed by atoms with Gasteiger partial charge in [0.15, 0.2) is 6.10 Å². The molecule has 0 radical (unpaired) electrons. The van der Waals surface area contributed by atoms with Gasteiger partial charge in [-0.1, -0.05) is 36.4 Å². The highest BCUT2D eigenvalue weighted by Crippen LogP contribution is 2.21. The van der Waals surface area contributed by atoms with E-state index in [4.69, 9.17) is 14.6 Å². The van der Waals surface area contributed by atoms with Crippen molar-refractivity contribution in [3.05, 3.63) is 65.2 Å². The van der Waals surface area contributed by atoms with E-state index in [0.29, 0.717) is 18.7 Å². The quantitative estimate of drug-likeness (QED) is 0.769. The molecule has 0 aliphatic carbocycles. The van der Waals surface area contributed by atoms with Crippen LogP contribution in [0.15, 0.2) is 48.5 Å². The number of benzene rings is 2. The summed E-state index contributed by atoms with van der Waals surface area (Å²) in [4.78, 5) is 23.3. The van der Waals surface area contributed by atoms with E-state index in [1.165, 1.54) is 26.4 Å². The number of carbonyl (C=O) groups excluding carboxylic acids is 1. The lowest BCUT2D eigenvalue weighted by atomic mass is 10.1. The van der Waals surface area contributed by atoms with E-state index in [0.717, 1.165) is 11.1 Å². The van der Waals surface area contributed by atoms with Crippen LogP contribution in [0.1, 0.15) is 27.6 Å². The normalized spacial score (nSPS) is 11.6. The van der Waals surface area contributed by atoms with Gasteiger partial charge in [0.25, 0.3) is 5.91 Å².